The molecule has 2 fully saturated rings. The highest BCUT2D eigenvalue weighted by atomic mass is 16.5. The minimum Gasteiger partial charge on any atom is -0.377 e. The van der Waals surface area contributed by atoms with Crippen molar-refractivity contribution >= 4 is 0 Å². The zero-order valence-electron chi connectivity index (χ0n) is 11.5. The molecule has 102 valence electrons. The normalized spacial score (nSPS) is 40.6. The molecule has 0 bridgehead atoms. The maximum atomic E-state index is 9.53. The lowest BCUT2D eigenvalue weighted by molar-refractivity contribution is -0.0915. The van der Waals surface area contributed by atoms with Crippen LogP contribution in [0.15, 0.2) is 0 Å². The minimum absolute atomic E-state index is 0.169. The number of nitrogens with zero attached hydrogens (tertiary/aromatic N) is 1. The van der Waals surface area contributed by atoms with Gasteiger partial charge in [-0.25, -0.2) is 0 Å². The Labute approximate surface area is 110 Å². The molecule has 18 heavy (non-hydrogen) atoms. The summed E-state index contributed by atoms with van der Waals surface area (Å²) < 4.78 is 11.4. The van der Waals surface area contributed by atoms with E-state index in [2.05, 4.69) is 25.2 Å². The molecule has 0 aromatic carbocycles. The third kappa shape index (κ3) is 3.03. The zero-order chi connectivity index (χ0) is 13.1. The Balaban J connectivity index is 1.94. The van der Waals surface area contributed by atoms with Gasteiger partial charge in [0.05, 0.1) is 24.4 Å². The van der Waals surface area contributed by atoms with E-state index in [-0.39, 0.29) is 11.7 Å². The maximum absolute atomic E-state index is 9.53. The molecule has 2 rings (SSSR count). The smallest absolute Gasteiger partial charge is 0.111 e. The van der Waals surface area contributed by atoms with Gasteiger partial charge in [-0.2, -0.15) is 5.26 Å². The number of nitrogens with one attached hydrogen (secondary N) is 1. The van der Waals surface area contributed by atoms with E-state index in [0.29, 0.717) is 6.61 Å². The van der Waals surface area contributed by atoms with E-state index in [9.17, 15) is 5.26 Å². The highest BCUT2D eigenvalue weighted by Crippen LogP contribution is 2.34. The summed E-state index contributed by atoms with van der Waals surface area (Å²) in [5.74, 6) is 0. The van der Waals surface area contributed by atoms with Crippen LogP contribution in [0.3, 0.4) is 0 Å². The molecule has 0 aromatic heterocycles. The van der Waals surface area contributed by atoms with Gasteiger partial charge >= 0.3 is 0 Å². The molecule has 0 aliphatic carbocycles. The maximum Gasteiger partial charge on any atom is 0.111 e. The van der Waals surface area contributed by atoms with Crippen molar-refractivity contribution < 1.29 is 9.47 Å². The molecule has 0 amide bonds. The van der Waals surface area contributed by atoms with Gasteiger partial charge in [-0.1, -0.05) is 6.92 Å². The van der Waals surface area contributed by atoms with Crippen molar-refractivity contribution in [1.82, 2.24) is 5.32 Å². The topological polar surface area (TPSA) is 54.3 Å². The Morgan fingerprint density at radius 3 is 2.89 bits per heavy atom. The van der Waals surface area contributed by atoms with Crippen molar-refractivity contribution in [2.75, 3.05) is 19.8 Å². The number of hydrogen-bond donors (Lipinski definition) is 1. The van der Waals surface area contributed by atoms with Crippen LogP contribution in [0.2, 0.25) is 0 Å². The molecule has 2 aliphatic rings. The molecule has 1 N–H and O–H groups in total. The second-order valence-electron chi connectivity index (χ2n) is 5.79. The van der Waals surface area contributed by atoms with Gasteiger partial charge in [-0.05, 0) is 26.2 Å². The fourth-order valence-corrected chi connectivity index (χ4v) is 2.88. The van der Waals surface area contributed by atoms with Crippen LogP contribution in [0.5, 0.6) is 0 Å². The van der Waals surface area contributed by atoms with Crippen molar-refractivity contribution in [3.8, 4) is 6.07 Å². The third-order valence-electron chi connectivity index (χ3n) is 4.31. The molecule has 2 saturated heterocycles. The molecular weight excluding hydrogens is 228 g/mol. The second-order valence-corrected chi connectivity index (χ2v) is 5.79. The van der Waals surface area contributed by atoms with Gasteiger partial charge in [0.25, 0.3) is 0 Å². The van der Waals surface area contributed by atoms with Crippen LogP contribution in [0, 0.1) is 11.3 Å². The Hall–Kier alpha value is -0.630. The number of ether oxygens (including phenoxy) is 2. The number of nitriles is 1. The van der Waals surface area contributed by atoms with Crippen molar-refractivity contribution in [2.24, 2.45) is 0 Å². The summed E-state index contributed by atoms with van der Waals surface area (Å²) in [6, 6.07) is 2.48. The summed E-state index contributed by atoms with van der Waals surface area (Å²) >= 11 is 0. The predicted octanol–water partition coefficient (Wildman–Crippen LogP) is 2.00. The van der Waals surface area contributed by atoms with Gasteiger partial charge in [-0.15, -0.1) is 0 Å². The average molecular weight is 252 g/mol. The Kier molecular flexibility index (Phi) is 4.26. The lowest BCUT2D eigenvalue weighted by Crippen LogP contribution is -2.56. The summed E-state index contributed by atoms with van der Waals surface area (Å²) in [6.07, 6.45) is 5.01. The SMILES string of the molecule is CCC1(C)CC(C#N)(NCC2CCCO2)CCO1. The monoisotopic (exact) mass is 252 g/mol. The van der Waals surface area contributed by atoms with Crippen LogP contribution in [0.1, 0.15) is 46.0 Å². The Morgan fingerprint density at radius 1 is 1.44 bits per heavy atom. The molecule has 2 aliphatic heterocycles. The van der Waals surface area contributed by atoms with Gasteiger partial charge in [0.15, 0.2) is 0 Å². The molecule has 3 unspecified atom stereocenters. The van der Waals surface area contributed by atoms with Gasteiger partial charge < -0.3 is 9.47 Å². The average Bonchev–Trinajstić information content (AvgIpc) is 2.90. The van der Waals surface area contributed by atoms with Crippen LogP contribution < -0.4 is 5.32 Å². The molecule has 3 atom stereocenters. The first-order valence-corrected chi connectivity index (χ1v) is 7.03. The van der Waals surface area contributed by atoms with Gasteiger partial charge in [-0.3, -0.25) is 5.32 Å². The fourth-order valence-electron chi connectivity index (χ4n) is 2.88. The first kappa shape index (κ1) is 13.8. The van der Waals surface area contributed by atoms with Gasteiger partial charge in [0.2, 0.25) is 0 Å². The van der Waals surface area contributed by atoms with E-state index >= 15 is 0 Å². The second kappa shape index (κ2) is 5.56. The zero-order valence-corrected chi connectivity index (χ0v) is 11.5. The van der Waals surface area contributed by atoms with Crippen LogP contribution in [0.4, 0.5) is 0 Å². The van der Waals surface area contributed by atoms with Crippen LogP contribution in [-0.4, -0.2) is 37.0 Å². The van der Waals surface area contributed by atoms with Crippen LogP contribution >= 0.6 is 0 Å². The van der Waals surface area contributed by atoms with E-state index in [0.717, 1.165) is 45.3 Å². The summed E-state index contributed by atoms with van der Waals surface area (Å²) in [7, 11) is 0. The number of hydrogen-bond acceptors (Lipinski definition) is 4. The summed E-state index contributed by atoms with van der Waals surface area (Å²) in [6.45, 7) is 6.53. The standard InChI is InChI=1S/C14H24N2O2/c1-3-13(2)10-14(11-15,6-8-18-13)16-9-12-5-4-7-17-12/h12,16H,3-10H2,1-2H3. The van der Waals surface area contributed by atoms with E-state index < -0.39 is 5.54 Å². The lowest BCUT2D eigenvalue weighted by Gasteiger charge is -2.43. The van der Waals surface area contributed by atoms with Crippen molar-refractivity contribution in [1.29, 1.82) is 5.26 Å². The Bertz CT molecular complexity index is 322. The fraction of sp³-hybridized carbons (Fsp3) is 0.929. The van der Waals surface area contributed by atoms with Crippen molar-refractivity contribution in [3.63, 3.8) is 0 Å². The summed E-state index contributed by atoms with van der Waals surface area (Å²) in [5, 5.41) is 13.0. The Morgan fingerprint density at radius 2 is 2.28 bits per heavy atom. The van der Waals surface area contributed by atoms with Crippen molar-refractivity contribution in [2.45, 2.75) is 63.2 Å². The van der Waals surface area contributed by atoms with E-state index in [1.807, 2.05) is 0 Å². The number of rotatable bonds is 4. The van der Waals surface area contributed by atoms with Crippen LogP contribution in [0.25, 0.3) is 0 Å². The highest BCUT2D eigenvalue weighted by Gasteiger charge is 2.42. The molecule has 0 spiro atoms. The molecular formula is C14H24N2O2. The molecule has 0 saturated carbocycles. The van der Waals surface area contributed by atoms with E-state index in [1.165, 1.54) is 0 Å². The lowest BCUT2D eigenvalue weighted by atomic mass is 9.80. The predicted molar refractivity (Wildman–Crippen MR) is 69.2 cm³/mol. The highest BCUT2D eigenvalue weighted by molar-refractivity contribution is 5.12. The van der Waals surface area contributed by atoms with E-state index in [4.69, 9.17) is 9.47 Å². The van der Waals surface area contributed by atoms with Gasteiger partial charge in [0, 0.05) is 26.0 Å². The minimum atomic E-state index is -0.436. The summed E-state index contributed by atoms with van der Waals surface area (Å²) in [5.41, 5.74) is -0.605. The quantitative estimate of drug-likeness (QED) is 0.831. The molecule has 2 heterocycles. The third-order valence-corrected chi connectivity index (χ3v) is 4.31. The first-order valence-electron chi connectivity index (χ1n) is 7.03. The largest absolute Gasteiger partial charge is 0.377 e. The van der Waals surface area contributed by atoms with E-state index in [1.54, 1.807) is 0 Å². The molecule has 0 aromatic rings. The molecule has 4 nitrogen and oxygen atoms in total. The summed E-state index contributed by atoms with van der Waals surface area (Å²) in [4.78, 5) is 0. The van der Waals surface area contributed by atoms with Gasteiger partial charge in [0.1, 0.15) is 5.54 Å². The molecule has 4 heteroatoms. The van der Waals surface area contributed by atoms with Crippen molar-refractivity contribution in [3.05, 3.63) is 0 Å². The molecule has 0 radical (unpaired) electrons. The van der Waals surface area contributed by atoms with Crippen LogP contribution in [-0.2, 0) is 9.47 Å². The first-order chi connectivity index (χ1) is 8.61.